The molecule has 0 N–H and O–H groups in total. The number of aryl methyl sites for hydroxylation is 2. The number of aromatic nitrogens is 7. The molecule has 9 nitrogen and oxygen atoms in total. The highest BCUT2D eigenvalue weighted by Crippen LogP contribution is 2.30. The fraction of sp³-hybridized carbons (Fsp3) is 0.350. The van der Waals surface area contributed by atoms with Crippen LogP contribution in [0.4, 0.5) is 5.82 Å². The smallest absolute Gasteiger partial charge is 0.254 e. The second-order valence-corrected chi connectivity index (χ2v) is 7.00. The number of nitrogens with zero attached hydrogens (tertiary/aromatic N) is 8. The number of hydrogen-bond donors (Lipinski definition) is 0. The van der Waals surface area contributed by atoms with Crippen molar-refractivity contribution in [1.29, 1.82) is 0 Å². The minimum Gasteiger partial charge on any atom is -0.378 e. The van der Waals surface area contributed by atoms with Gasteiger partial charge in [0.2, 0.25) is 0 Å². The van der Waals surface area contributed by atoms with E-state index in [1.165, 1.54) is 0 Å². The molecule has 0 saturated carbocycles. The van der Waals surface area contributed by atoms with Gasteiger partial charge >= 0.3 is 0 Å². The van der Waals surface area contributed by atoms with Crippen molar-refractivity contribution in [2.24, 2.45) is 0 Å². The van der Waals surface area contributed by atoms with Gasteiger partial charge in [0.05, 0.1) is 19.4 Å². The highest BCUT2D eigenvalue weighted by molar-refractivity contribution is 5.87. The third-order valence-corrected chi connectivity index (χ3v) is 5.05. The Morgan fingerprint density at radius 3 is 2.55 bits per heavy atom. The van der Waals surface area contributed by atoms with Gasteiger partial charge in [-0.05, 0) is 31.5 Å². The van der Waals surface area contributed by atoms with Crippen LogP contribution in [0, 0.1) is 6.92 Å². The van der Waals surface area contributed by atoms with Gasteiger partial charge in [0.15, 0.2) is 17.0 Å². The lowest BCUT2D eigenvalue weighted by Gasteiger charge is -2.28. The molecule has 1 aliphatic rings. The number of morpholine rings is 1. The van der Waals surface area contributed by atoms with Gasteiger partial charge in [0.1, 0.15) is 5.82 Å². The highest BCUT2D eigenvalue weighted by Gasteiger charge is 2.23. The van der Waals surface area contributed by atoms with Crippen LogP contribution in [0.15, 0.2) is 36.9 Å². The van der Waals surface area contributed by atoms with Crippen molar-refractivity contribution in [3.05, 3.63) is 42.5 Å². The number of fused-ring (bicyclic) bond motifs is 1. The van der Waals surface area contributed by atoms with Crippen LogP contribution in [-0.2, 0) is 11.3 Å². The Kier molecular flexibility index (Phi) is 4.44. The van der Waals surface area contributed by atoms with E-state index in [4.69, 9.17) is 19.7 Å². The molecule has 0 aromatic carbocycles. The first-order chi connectivity index (χ1) is 14.2. The summed E-state index contributed by atoms with van der Waals surface area (Å²) in [6.07, 6.45) is 7.30. The molecule has 0 radical (unpaired) electrons. The van der Waals surface area contributed by atoms with E-state index in [2.05, 4.69) is 26.5 Å². The Morgan fingerprint density at radius 2 is 1.86 bits per heavy atom. The molecule has 29 heavy (non-hydrogen) atoms. The van der Waals surface area contributed by atoms with Gasteiger partial charge in [0, 0.05) is 43.8 Å². The third-order valence-electron chi connectivity index (χ3n) is 5.05. The van der Waals surface area contributed by atoms with Crippen molar-refractivity contribution in [3.8, 4) is 17.3 Å². The lowest BCUT2D eigenvalue weighted by molar-refractivity contribution is 0.122. The normalized spacial score (nSPS) is 14.6. The van der Waals surface area contributed by atoms with Crippen molar-refractivity contribution in [2.75, 3.05) is 31.2 Å². The van der Waals surface area contributed by atoms with E-state index in [1.807, 2.05) is 31.5 Å². The Hall–Kier alpha value is -3.33. The standard InChI is InChI=1S/C20H22N8O/c1-3-27-17(15-4-6-21-7-5-15)23-16-18(26-8-10-29-11-9-26)24-20(25-19(16)27)28-13-14(2)12-22-28/h4-7,12-13H,3,8-11H2,1-2H3. The summed E-state index contributed by atoms with van der Waals surface area (Å²) in [5.74, 6) is 2.23. The summed E-state index contributed by atoms with van der Waals surface area (Å²) in [6, 6.07) is 3.93. The molecule has 0 amide bonds. The van der Waals surface area contributed by atoms with Crippen LogP contribution >= 0.6 is 0 Å². The fourth-order valence-electron chi connectivity index (χ4n) is 3.62. The predicted octanol–water partition coefficient (Wildman–Crippen LogP) is 2.24. The summed E-state index contributed by atoms with van der Waals surface area (Å²) in [5.41, 5.74) is 3.67. The Labute approximate surface area is 168 Å². The van der Waals surface area contributed by atoms with E-state index in [-0.39, 0.29) is 0 Å². The molecular weight excluding hydrogens is 368 g/mol. The fourth-order valence-corrected chi connectivity index (χ4v) is 3.62. The maximum atomic E-state index is 5.54. The second-order valence-electron chi connectivity index (χ2n) is 7.00. The molecular formula is C20H22N8O. The molecule has 4 aromatic rings. The van der Waals surface area contributed by atoms with Crippen LogP contribution in [-0.4, -0.2) is 60.6 Å². The summed E-state index contributed by atoms with van der Waals surface area (Å²) >= 11 is 0. The van der Waals surface area contributed by atoms with Gasteiger partial charge < -0.3 is 14.2 Å². The number of pyridine rings is 1. The zero-order valence-corrected chi connectivity index (χ0v) is 16.5. The van der Waals surface area contributed by atoms with Crippen LogP contribution in [0.1, 0.15) is 12.5 Å². The SMILES string of the molecule is CCn1c(-c2ccncc2)nc2c(N3CCOCC3)nc(-n3cc(C)cn3)nc21. The van der Waals surface area contributed by atoms with Crippen molar-refractivity contribution in [2.45, 2.75) is 20.4 Å². The molecule has 0 aliphatic carbocycles. The molecule has 5 heterocycles. The minimum atomic E-state index is 0.544. The van der Waals surface area contributed by atoms with Crippen molar-refractivity contribution in [3.63, 3.8) is 0 Å². The Morgan fingerprint density at radius 1 is 1.07 bits per heavy atom. The quantitative estimate of drug-likeness (QED) is 0.528. The van der Waals surface area contributed by atoms with Gasteiger partial charge in [-0.2, -0.15) is 15.1 Å². The number of imidazole rings is 1. The summed E-state index contributed by atoms with van der Waals surface area (Å²) in [4.78, 5) is 21.0. The zero-order chi connectivity index (χ0) is 19.8. The molecule has 0 atom stereocenters. The van der Waals surface area contributed by atoms with E-state index in [9.17, 15) is 0 Å². The van der Waals surface area contributed by atoms with E-state index in [0.717, 1.165) is 53.6 Å². The number of hydrogen-bond acceptors (Lipinski definition) is 7. The molecule has 0 bridgehead atoms. The van der Waals surface area contributed by atoms with Crippen LogP contribution in [0.2, 0.25) is 0 Å². The Bertz CT molecular complexity index is 1140. The summed E-state index contributed by atoms with van der Waals surface area (Å²) in [6.45, 7) is 7.73. The molecule has 4 aromatic heterocycles. The van der Waals surface area contributed by atoms with E-state index in [0.29, 0.717) is 19.2 Å². The van der Waals surface area contributed by atoms with Gasteiger partial charge in [-0.1, -0.05) is 0 Å². The number of anilines is 1. The van der Waals surface area contributed by atoms with E-state index < -0.39 is 0 Å². The first-order valence-electron chi connectivity index (χ1n) is 9.77. The van der Waals surface area contributed by atoms with Crippen LogP contribution in [0.5, 0.6) is 0 Å². The molecule has 0 spiro atoms. The van der Waals surface area contributed by atoms with Crippen molar-refractivity contribution < 1.29 is 4.74 Å². The van der Waals surface area contributed by atoms with E-state index in [1.54, 1.807) is 17.1 Å². The monoisotopic (exact) mass is 390 g/mol. The zero-order valence-electron chi connectivity index (χ0n) is 16.5. The topological polar surface area (TPSA) is 86.8 Å². The van der Waals surface area contributed by atoms with Gasteiger partial charge in [-0.25, -0.2) is 9.67 Å². The van der Waals surface area contributed by atoms with Crippen LogP contribution in [0.25, 0.3) is 28.5 Å². The number of rotatable bonds is 4. The molecule has 1 aliphatic heterocycles. The molecule has 148 valence electrons. The maximum Gasteiger partial charge on any atom is 0.254 e. The lowest BCUT2D eigenvalue weighted by Crippen LogP contribution is -2.37. The average Bonchev–Trinajstić information content (AvgIpc) is 3.37. The summed E-state index contributed by atoms with van der Waals surface area (Å²) in [7, 11) is 0. The van der Waals surface area contributed by atoms with Crippen LogP contribution in [0.3, 0.4) is 0 Å². The van der Waals surface area contributed by atoms with Crippen molar-refractivity contribution >= 4 is 17.0 Å². The largest absolute Gasteiger partial charge is 0.378 e. The summed E-state index contributed by atoms with van der Waals surface area (Å²) < 4.78 is 9.38. The maximum absolute atomic E-state index is 5.54. The molecule has 0 unspecified atom stereocenters. The second kappa shape index (κ2) is 7.25. The minimum absolute atomic E-state index is 0.544. The lowest BCUT2D eigenvalue weighted by atomic mass is 10.2. The molecule has 1 saturated heterocycles. The Balaban J connectivity index is 1.76. The van der Waals surface area contributed by atoms with Crippen LogP contribution < -0.4 is 4.90 Å². The van der Waals surface area contributed by atoms with Gasteiger partial charge in [0.25, 0.3) is 5.95 Å². The molecule has 5 rings (SSSR count). The molecule has 9 heteroatoms. The van der Waals surface area contributed by atoms with E-state index >= 15 is 0 Å². The van der Waals surface area contributed by atoms with Crippen molar-refractivity contribution in [1.82, 2.24) is 34.3 Å². The average molecular weight is 390 g/mol. The predicted molar refractivity (Wildman–Crippen MR) is 109 cm³/mol. The summed E-state index contributed by atoms with van der Waals surface area (Å²) in [5, 5.41) is 4.41. The van der Waals surface area contributed by atoms with Gasteiger partial charge in [-0.15, -0.1) is 0 Å². The number of ether oxygens (including phenoxy) is 1. The first-order valence-corrected chi connectivity index (χ1v) is 9.77. The molecule has 1 fully saturated rings. The highest BCUT2D eigenvalue weighted by atomic mass is 16.5. The van der Waals surface area contributed by atoms with Gasteiger partial charge in [-0.3, -0.25) is 4.98 Å². The third kappa shape index (κ3) is 3.13. The first kappa shape index (κ1) is 17.7.